The smallest absolute Gasteiger partial charge is 0.0187 e. The van der Waals surface area contributed by atoms with E-state index in [0.29, 0.717) is 9.49 Å². The van der Waals surface area contributed by atoms with Gasteiger partial charge in [-0.25, -0.2) is 0 Å². The van der Waals surface area contributed by atoms with Gasteiger partial charge in [-0.05, 0) is 68.8 Å². The molecule has 0 spiro atoms. The fourth-order valence-electron chi connectivity index (χ4n) is 0.289. The zero-order valence-electron chi connectivity index (χ0n) is 10.7. The third-order valence-corrected chi connectivity index (χ3v) is 19.8. The molecule has 0 aromatic heterocycles. The first-order valence-corrected chi connectivity index (χ1v) is 16.2. The quantitative estimate of drug-likeness (QED) is 0.287. The molecule has 0 aliphatic rings. The molecule has 0 rings (SSSR count). The van der Waals surface area contributed by atoms with Crippen LogP contribution < -0.4 is 0 Å². The van der Waals surface area contributed by atoms with Gasteiger partial charge >= 0.3 is 0 Å². The van der Waals surface area contributed by atoms with E-state index in [1.165, 1.54) is 0 Å². The molecule has 0 radical (unpaired) electrons. The molecule has 0 bridgehead atoms. The highest BCUT2D eigenvalue weighted by molar-refractivity contribution is 9.51. The van der Waals surface area contributed by atoms with Crippen LogP contribution in [0.2, 0.25) is 0 Å². The van der Waals surface area contributed by atoms with E-state index in [2.05, 4.69) is 41.5 Å². The fourth-order valence-corrected chi connectivity index (χ4v) is 21.5. The van der Waals surface area contributed by atoms with Gasteiger partial charge in [0.25, 0.3) is 0 Å². The van der Waals surface area contributed by atoms with Crippen molar-refractivity contribution in [3.63, 3.8) is 0 Å². The number of hydrogen-bond donors (Lipinski definition) is 0. The Morgan fingerprint density at radius 1 is 0.412 bits per heavy atom. The first-order chi connectivity index (χ1) is 7.71. The van der Waals surface area contributed by atoms with Crippen LogP contribution in [0.5, 0.6) is 0 Å². The van der Waals surface area contributed by atoms with E-state index in [1.807, 2.05) is 90.4 Å². The first-order valence-electron chi connectivity index (χ1n) is 4.74. The van der Waals surface area contributed by atoms with Crippen LogP contribution in [0, 0.1) is 0 Å². The van der Waals surface area contributed by atoms with Gasteiger partial charge in [0.05, 0.1) is 0 Å². The van der Waals surface area contributed by atoms with E-state index in [1.54, 1.807) is 0 Å². The summed E-state index contributed by atoms with van der Waals surface area (Å²) in [6, 6.07) is 0. The van der Waals surface area contributed by atoms with Crippen LogP contribution in [0.4, 0.5) is 0 Å². The Hall–Kier alpha value is 3.15. The van der Waals surface area contributed by atoms with Gasteiger partial charge in [0.15, 0.2) is 0 Å². The van der Waals surface area contributed by atoms with E-state index in [4.69, 9.17) is 0 Å². The summed E-state index contributed by atoms with van der Waals surface area (Å²) in [5.41, 5.74) is 0. The van der Waals surface area contributed by atoms with Crippen LogP contribution in [0.25, 0.3) is 0 Å². The minimum absolute atomic E-state index is 0.351. The maximum Gasteiger partial charge on any atom is 0.0187 e. The Balaban J connectivity index is 3.15. The van der Waals surface area contributed by atoms with Gasteiger partial charge in [0.1, 0.15) is 0 Å². The van der Waals surface area contributed by atoms with Crippen molar-refractivity contribution >= 4 is 90.4 Å². The highest BCUT2D eigenvalue weighted by Crippen LogP contribution is 2.60. The van der Waals surface area contributed by atoms with Gasteiger partial charge in [0, 0.05) is 9.49 Å². The molecule has 0 aliphatic carbocycles. The number of rotatable bonds is 8. The summed E-state index contributed by atoms with van der Waals surface area (Å²) in [6.45, 7) is 13.5. The zero-order valence-corrected chi connectivity index (χ0v) is 18.0. The molecule has 0 aromatic carbocycles. The Kier molecular flexibility index (Phi) is 12.8. The van der Waals surface area contributed by atoms with Crippen LogP contribution >= 0.6 is 90.4 Å². The molecule has 104 valence electrons. The summed E-state index contributed by atoms with van der Waals surface area (Å²) in [4.78, 5) is 0. The first kappa shape index (κ1) is 20.1. The number of hydrogen-bond acceptors (Lipinski definition) is 9. The fraction of sp³-hybridized carbons (Fsp3) is 1.00. The maximum atomic E-state index is 2.24. The lowest BCUT2D eigenvalue weighted by Gasteiger charge is -2.15. The average Bonchev–Trinajstić information content (AvgIpc) is 2.11. The Morgan fingerprint density at radius 2 is 0.647 bits per heavy atom. The molecule has 0 aliphatic heterocycles. The Labute approximate surface area is 140 Å². The van der Waals surface area contributed by atoms with Crippen LogP contribution in [0.3, 0.4) is 0 Å². The van der Waals surface area contributed by atoms with Gasteiger partial charge in [-0.2, -0.15) is 0 Å². The zero-order chi connectivity index (χ0) is 13.4. The molecular weight excluding hydrogens is 385 g/mol. The monoisotopic (exact) mass is 402 g/mol. The van der Waals surface area contributed by atoms with Gasteiger partial charge in [-0.3, -0.25) is 0 Å². The SMILES string of the molecule is CC(C)(C)SSSSSSSSSC(C)(C)C. The lowest BCUT2D eigenvalue weighted by Crippen LogP contribution is -2.03. The van der Waals surface area contributed by atoms with Crippen molar-refractivity contribution in [1.29, 1.82) is 0 Å². The summed E-state index contributed by atoms with van der Waals surface area (Å²) in [6.07, 6.45) is 0. The van der Waals surface area contributed by atoms with Crippen molar-refractivity contribution < 1.29 is 0 Å². The normalized spacial score (nSPS) is 13.1. The minimum atomic E-state index is 0.351. The molecule has 9 heteroatoms. The second kappa shape index (κ2) is 10.8. The summed E-state index contributed by atoms with van der Waals surface area (Å²) in [7, 11) is 16.8. The molecule has 0 aromatic rings. The van der Waals surface area contributed by atoms with Crippen molar-refractivity contribution in [2.24, 2.45) is 0 Å². The van der Waals surface area contributed by atoms with Gasteiger partial charge in [-0.1, -0.05) is 63.1 Å². The van der Waals surface area contributed by atoms with Crippen LogP contribution in [-0.2, 0) is 0 Å². The predicted molar refractivity (Wildman–Crippen MR) is 108 cm³/mol. The standard InChI is InChI=1S/C8H18S9/c1-7(2,3)9-11-13-15-17-16-14-12-10-8(4,5)6/h1-6H3. The van der Waals surface area contributed by atoms with Gasteiger partial charge in [-0.15, -0.1) is 0 Å². The van der Waals surface area contributed by atoms with Crippen molar-refractivity contribution in [3.05, 3.63) is 0 Å². The molecule has 17 heavy (non-hydrogen) atoms. The molecule has 0 heterocycles. The van der Waals surface area contributed by atoms with Crippen LogP contribution in [-0.4, -0.2) is 9.49 Å². The maximum absolute atomic E-state index is 2.24. The molecule has 0 N–H and O–H groups in total. The van der Waals surface area contributed by atoms with E-state index >= 15 is 0 Å². The van der Waals surface area contributed by atoms with E-state index in [9.17, 15) is 0 Å². The summed E-state index contributed by atoms with van der Waals surface area (Å²) in [5.74, 6) is 0. The van der Waals surface area contributed by atoms with Crippen molar-refractivity contribution in [3.8, 4) is 0 Å². The summed E-state index contributed by atoms with van der Waals surface area (Å²) < 4.78 is 0.702. The van der Waals surface area contributed by atoms with Crippen molar-refractivity contribution in [1.82, 2.24) is 0 Å². The molecular formula is C8H18S9. The van der Waals surface area contributed by atoms with Crippen LogP contribution in [0.1, 0.15) is 41.5 Å². The lowest BCUT2D eigenvalue weighted by atomic mass is 10.3. The summed E-state index contributed by atoms with van der Waals surface area (Å²) >= 11 is 0. The second-order valence-electron chi connectivity index (χ2n) is 4.87. The largest absolute Gasteiger partial charge is 0.0757 e. The summed E-state index contributed by atoms with van der Waals surface area (Å²) in [5, 5.41) is 0. The highest BCUT2D eigenvalue weighted by Gasteiger charge is 2.12. The van der Waals surface area contributed by atoms with Gasteiger partial charge < -0.3 is 0 Å². The van der Waals surface area contributed by atoms with E-state index in [0.717, 1.165) is 0 Å². The highest BCUT2D eigenvalue weighted by atomic mass is 34.0. The molecule has 0 saturated heterocycles. The third-order valence-electron chi connectivity index (χ3n) is 0.735. The predicted octanol–water partition coefficient (Wildman–Crippen LogP) is 8.50. The third kappa shape index (κ3) is 19.1. The molecule has 0 atom stereocenters. The lowest BCUT2D eigenvalue weighted by molar-refractivity contribution is 0.810. The topological polar surface area (TPSA) is 0 Å². The average molecular weight is 403 g/mol. The van der Waals surface area contributed by atoms with E-state index < -0.39 is 0 Å². The van der Waals surface area contributed by atoms with Gasteiger partial charge in [0.2, 0.25) is 0 Å². The van der Waals surface area contributed by atoms with E-state index in [-0.39, 0.29) is 0 Å². The Morgan fingerprint density at radius 3 is 0.882 bits per heavy atom. The Bertz CT molecular complexity index is 162. The van der Waals surface area contributed by atoms with Crippen molar-refractivity contribution in [2.45, 2.75) is 51.0 Å². The molecule has 0 nitrogen and oxygen atoms in total. The molecule has 0 amide bonds. The minimum Gasteiger partial charge on any atom is -0.0757 e. The molecule has 0 saturated carbocycles. The second-order valence-corrected chi connectivity index (χ2v) is 21.0. The van der Waals surface area contributed by atoms with Crippen molar-refractivity contribution in [2.75, 3.05) is 0 Å². The van der Waals surface area contributed by atoms with Crippen LogP contribution in [0.15, 0.2) is 0 Å². The molecule has 0 unspecified atom stereocenters. The molecule has 0 fully saturated rings.